The Morgan fingerprint density at radius 1 is 1.38 bits per heavy atom. The molecule has 0 saturated heterocycles. The molecular weight excluding hydrogens is 206 g/mol. The number of hydrogen-bond donors (Lipinski definition) is 3. The van der Waals surface area contributed by atoms with Crippen LogP contribution in [0.25, 0.3) is 0 Å². The zero-order valence-electron chi connectivity index (χ0n) is 9.31. The van der Waals surface area contributed by atoms with Gasteiger partial charge in [-0.2, -0.15) is 0 Å². The molecule has 0 heterocycles. The summed E-state index contributed by atoms with van der Waals surface area (Å²) in [6, 6.07) is 6.03. The highest BCUT2D eigenvalue weighted by Crippen LogP contribution is 2.11. The summed E-state index contributed by atoms with van der Waals surface area (Å²) in [5.41, 5.74) is 0.897. The van der Waals surface area contributed by atoms with Crippen molar-refractivity contribution in [3.05, 3.63) is 29.8 Å². The lowest BCUT2D eigenvalue weighted by molar-refractivity contribution is -0.139. The second kappa shape index (κ2) is 6.12. The molecule has 0 spiro atoms. The van der Waals surface area contributed by atoms with E-state index in [0.717, 1.165) is 12.0 Å². The van der Waals surface area contributed by atoms with Crippen molar-refractivity contribution < 1.29 is 15.0 Å². The van der Waals surface area contributed by atoms with Crippen molar-refractivity contribution in [3.8, 4) is 5.75 Å². The summed E-state index contributed by atoms with van der Waals surface area (Å²) in [5, 5.41) is 21.1. The van der Waals surface area contributed by atoms with E-state index in [2.05, 4.69) is 5.32 Å². The summed E-state index contributed by atoms with van der Waals surface area (Å²) in [4.78, 5) is 11.0. The van der Waals surface area contributed by atoms with Gasteiger partial charge >= 0.3 is 5.97 Å². The molecule has 0 fully saturated rings. The third-order valence-corrected chi connectivity index (χ3v) is 2.31. The van der Waals surface area contributed by atoms with Crippen molar-refractivity contribution in [2.75, 3.05) is 6.54 Å². The smallest absolute Gasteiger partial charge is 0.321 e. The topological polar surface area (TPSA) is 69.6 Å². The first kappa shape index (κ1) is 12.5. The number of aromatic hydroxyl groups is 1. The number of nitrogens with one attached hydrogen (secondary N) is 1. The van der Waals surface area contributed by atoms with E-state index in [1.165, 1.54) is 0 Å². The molecule has 0 aliphatic carbocycles. The molecule has 1 aromatic carbocycles. The molecule has 4 heteroatoms. The number of carbonyl (C=O) groups is 1. The van der Waals surface area contributed by atoms with Crippen LogP contribution in [0.3, 0.4) is 0 Å². The first-order chi connectivity index (χ1) is 7.63. The quantitative estimate of drug-likeness (QED) is 0.681. The highest BCUT2D eigenvalue weighted by Gasteiger charge is 2.16. The summed E-state index contributed by atoms with van der Waals surface area (Å²) in [7, 11) is 0. The van der Waals surface area contributed by atoms with Crippen molar-refractivity contribution in [3.63, 3.8) is 0 Å². The van der Waals surface area contributed by atoms with E-state index in [1.807, 2.05) is 6.92 Å². The van der Waals surface area contributed by atoms with Crippen LogP contribution >= 0.6 is 0 Å². The summed E-state index contributed by atoms with van der Waals surface area (Å²) in [6.07, 6.45) is 1.33. The maximum absolute atomic E-state index is 11.0. The van der Waals surface area contributed by atoms with E-state index < -0.39 is 12.0 Å². The summed E-state index contributed by atoms with van der Waals surface area (Å²) in [5.74, 6) is -0.654. The van der Waals surface area contributed by atoms with Crippen molar-refractivity contribution >= 4 is 5.97 Å². The van der Waals surface area contributed by atoms with Crippen molar-refractivity contribution in [1.82, 2.24) is 5.32 Å². The average molecular weight is 223 g/mol. The number of carboxylic acid groups (broad SMARTS) is 1. The minimum atomic E-state index is -0.846. The molecule has 0 aromatic heterocycles. The molecule has 1 rings (SSSR count). The van der Waals surface area contributed by atoms with Crippen LogP contribution in [0.2, 0.25) is 0 Å². The van der Waals surface area contributed by atoms with Crippen LogP contribution in [0.5, 0.6) is 5.75 Å². The van der Waals surface area contributed by atoms with Gasteiger partial charge < -0.3 is 15.5 Å². The second-order valence-electron chi connectivity index (χ2n) is 3.72. The molecule has 4 nitrogen and oxygen atoms in total. The zero-order valence-corrected chi connectivity index (χ0v) is 9.31. The van der Waals surface area contributed by atoms with E-state index in [9.17, 15) is 4.79 Å². The van der Waals surface area contributed by atoms with Crippen LogP contribution in [0.15, 0.2) is 24.3 Å². The fraction of sp³-hybridized carbons (Fsp3) is 0.417. The highest BCUT2D eigenvalue weighted by atomic mass is 16.4. The van der Waals surface area contributed by atoms with Crippen LogP contribution in [0.1, 0.15) is 18.9 Å². The lowest BCUT2D eigenvalue weighted by Gasteiger charge is -2.13. The standard InChI is InChI=1S/C12H17NO3/c1-2-7-13-11(12(15)16)8-9-3-5-10(14)6-4-9/h3-6,11,13-14H,2,7-8H2,1H3,(H,15,16). The minimum absolute atomic E-state index is 0.192. The Labute approximate surface area is 94.9 Å². The molecule has 3 N–H and O–H groups in total. The van der Waals surface area contributed by atoms with Crippen LogP contribution in [-0.4, -0.2) is 28.8 Å². The second-order valence-corrected chi connectivity index (χ2v) is 3.72. The number of hydrogen-bond acceptors (Lipinski definition) is 3. The first-order valence-corrected chi connectivity index (χ1v) is 5.37. The van der Waals surface area contributed by atoms with Crippen molar-refractivity contribution in [2.45, 2.75) is 25.8 Å². The Hall–Kier alpha value is -1.55. The molecule has 0 radical (unpaired) electrons. The first-order valence-electron chi connectivity index (χ1n) is 5.37. The number of benzene rings is 1. The van der Waals surface area contributed by atoms with Crippen LogP contribution in [0.4, 0.5) is 0 Å². The predicted molar refractivity (Wildman–Crippen MR) is 61.5 cm³/mol. The molecule has 88 valence electrons. The molecule has 16 heavy (non-hydrogen) atoms. The third-order valence-electron chi connectivity index (χ3n) is 2.31. The van der Waals surface area contributed by atoms with Gasteiger partial charge in [-0.25, -0.2) is 0 Å². The molecule has 0 saturated carbocycles. The summed E-state index contributed by atoms with van der Waals surface area (Å²) >= 11 is 0. The monoisotopic (exact) mass is 223 g/mol. The van der Waals surface area contributed by atoms with E-state index in [4.69, 9.17) is 10.2 Å². The molecule has 0 amide bonds. The largest absolute Gasteiger partial charge is 0.508 e. The normalized spacial score (nSPS) is 12.3. The van der Waals surface area contributed by atoms with Gasteiger partial charge in [-0.05, 0) is 37.1 Å². The number of rotatable bonds is 6. The van der Waals surface area contributed by atoms with Gasteiger partial charge in [0, 0.05) is 0 Å². The molecule has 1 aromatic rings. The average Bonchev–Trinajstić information content (AvgIpc) is 2.26. The molecule has 0 bridgehead atoms. The van der Waals surface area contributed by atoms with Gasteiger partial charge in [0.1, 0.15) is 11.8 Å². The Balaban J connectivity index is 2.60. The lowest BCUT2D eigenvalue weighted by atomic mass is 10.1. The van der Waals surface area contributed by atoms with E-state index in [0.29, 0.717) is 13.0 Å². The highest BCUT2D eigenvalue weighted by molar-refractivity contribution is 5.73. The van der Waals surface area contributed by atoms with Crippen molar-refractivity contribution in [2.24, 2.45) is 0 Å². The predicted octanol–water partition coefficient (Wildman–Crippen LogP) is 1.39. The van der Waals surface area contributed by atoms with Gasteiger partial charge in [0.2, 0.25) is 0 Å². The molecule has 1 atom stereocenters. The van der Waals surface area contributed by atoms with Crippen LogP contribution < -0.4 is 5.32 Å². The Morgan fingerprint density at radius 3 is 2.50 bits per heavy atom. The Morgan fingerprint density at radius 2 is 2.00 bits per heavy atom. The fourth-order valence-electron chi connectivity index (χ4n) is 1.43. The van der Waals surface area contributed by atoms with Gasteiger partial charge in [0.25, 0.3) is 0 Å². The number of aliphatic carboxylic acids is 1. The number of phenolic OH excluding ortho intramolecular Hbond substituents is 1. The molecule has 0 aliphatic heterocycles. The lowest BCUT2D eigenvalue weighted by Crippen LogP contribution is -2.38. The minimum Gasteiger partial charge on any atom is -0.508 e. The summed E-state index contributed by atoms with van der Waals surface area (Å²) in [6.45, 7) is 2.68. The van der Waals surface area contributed by atoms with Gasteiger partial charge in [-0.3, -0.25) is 4.79 Å². The van der Waals surface area contributed by atoms with E-state index in [-0.39, 0.29) is 5.75 Å². The van der Waals surface area contributed by atoms with Gasteiger partial charge in [-0.1, -0.05) is 19.1 Å². The Bertz CT molecular complexity index is 335. The SMILES string of the molecule is CCCNC(Cc1ccc(O)cc1)C(=O)O. The van der Waals surface area contributed by atoms with Crippen LogP contribution in [0, 0.1) is 0 Å². The third kappa shape index (κ3) is 3.90. The molecular formula is C12H17NO3. The van der Waals surface area contributed by atoms with E-state index >= 15 is 0 Å². The number of carboxylic acids is 1. The Kier molecular flexibility index (Phi) is 4.79. The summed E-state index contributed by atoms with van der Waals surface area (Å²) < 4.78 is 0. The van der Waals surface area contributed by atoms with Gasteiger partial charge in [-0.15, -0.1) is 0 Å². The van der Waals surface area contributed by atoms with Gasteiger partial charge in [0.05, 0.1) is 0 Å². The fourth-order valence-corrected chi connectivity index (χ4v) is 1.43. The zero-order chi connectivity index (χ0) is 12.0. The number of phenols is 1. The van der Waals surface area contributed by atoms with Gasteiger partial charge in [0.15, 0.2) is 0 Å². The molecule has 0 aliphatic rings. The molecule has 1 unspecified atom stereocenters. The van der Waals surface area contributed by atoms with E-state index in [1.54, 1.807) is 24.3 Å². The maximum Gasteiger partial charge on any atom is 0.321 e. The van der Waals surface area contributed by atoms with Crippen molar-refractivity contribution in [1.29, 1.82) is 0 Å². The maximum atomic E-state index is 11.0. The van der Waals surface area contributed by atoms with Crippen LogP contribution in [-0.2, 0) is 11.2 Å².